The molecule has 0 bridgehead atoms. The lowest BCUT2D eigenvalue weighted by molar-refractivity contribution is -0.142. The Labute approximate surface area is 200 Å². The van der Waals surface area contributed by atoms with Crippen molar-refractivity contribution in [3.63, 3.8) is 0 Å². The predicted molar refractivity (Wildman–Crippen MR) is 129 cm³/mol. The molecule has 1 aromatic heterocycles. The monoisotopic (exact) mass is 465 g/mol. The van der Waals surface area contributed by atoms with E-state index in [-0.39, 0.29) is 28.6 Å². The molecule has 174 valence electrons. The van der Waals surface area contributed by atoms with Crippen molar-refractivity contribution in [2.75, 3.05) is 19.6 Å². The lowest BCUT2D eigenvalue weighted by Gasteiger charge is -2.46. The fraction of sp³-hybridized carbons (Fsp3) is 0.519. The van der Waals surface area contributed by atoms with Crippen molar-refractivity contribution in [2.45, 2.75) is 56.8 Å². The number of carbonyl (C=O) groups is 2. The highest BCUT2D eigenvalue weighted by molar-refractivity contribution is 6.30. The zero-order valence-electron chi connectivity index (χ0n) is 19.1. The van der Waals surface area contributed by atoms with Gasteiger partial charge >= 0.3 is 0 Å². The zero-order chi connectivity index (χ0) is 22.9. The van der Waals surface area contributed by atoms with Crippen LogP contribution in [0.5, 0.6) is 0 Å². The summed E-state index contributed by atoms with van der Waals surface area (Å²) in [6.07, 6.45) is 11.3. The second-order valence-electron chi connectivity index (χ2n) is 10.1. The molecule has 1 atom stereocenters. The van der Waals surface area contributed by atoms with E-state index >= 15 is 0 Å². The van der Waals surface area contributed by atoms with Crippen LogP contribution in [-0.4, -0.2) is 41.3 Å². The Balaban J connectivity index is 1.10. The van der Waals surface area contributed by atoms with Gasteiger partial charge in [-0.2, -0.15) is 0 Å². The highest BCUT2D eigenvalue weighted by Crippen LogP contribution is 2.60. The summed E-state index contributed by atoms with van der Waals surface area (Å²) >= 11 is 6.07. The van der Waals surface area contributed by atoms with Crippen LogP contribution in [0.1, 0.15) is 56.1 Å². The molecule has 2 amide bonds. The van der Waals surface area contributed by atoms with Gasteiger partial charge in [0.05, 0.1) is 5.41 Å². The van der Waals surface area contributed by atoms with E-state index in [1.54, 1.807) is 12.4 Å². The second-order valence-corrected chi connectivity index (χ2v) is 10.5. The van der Waals surface area contributed by atoms with Crippen LogP contribution in [0.25, 0.3) is 0 Å². The number of carbonyl (C=O) groups excluding carboxylic acids is 2. The number of hydrogen-bond acceptors (Lipinski definition) is 3. The molecule has 1 N–H and O–H groups in total. The molecule has 0 unspecified atom stereocenters. The third-order valence-electron chi connectivity index (χ3n) is 8.26. The van der Waals surface area contributed by atoms with Crippen molar-refractivity contribution in [2.24, 2.45) is 11.3 Å². The van der Waals surface area contributed by atoms with Crippen LogP contribution in [-0.2, 0) is 21.4 Å². The number of aryl methyl sites for hydroxylation is 1. The number of hydrogen-bond donors (Lipinski definition) is 1. The molecule has 5 nitrogen and oxygen atoms in total. The SMILES string of the molecule is O=C(NCCCc1ccncc1)[C@H]1CC12CCN(C(=O)C1(c3ccc(Cl)cc3)CCC1)CC2. The fourth-order valence-electron chi connectivity index (χ4n) is 5.83. The summed E-state index contributed by atoms with van der Waals surface area (Å²) in [6, 6.07) is 11.8. The Morgan fingerprint density at radius 2 is 1.73 bits per heavy atom. The summed E-state index contributed by atoms with van der Waals surface area (Å²) in [7, 11) is 0. The summed E-state index contributed by atoms with van der Waals surface area (Å²) in [5.41, 5.74) is 2.09. The van der Waals surface area contributed by atoms with Crippen LogP contribution >= 0.6 is 11.6 Å². The minimum Gasteiger partial charge on any atom is -0.356 e. The number of nitrogens with one attached hydrogen (secondary N) is 1. The number of benzene rings is 1. The molecule has 2 aromatic rings. The van der Waals surface area contributed by atoms with Crippen LogP contribution in [0.15, 0.2) is 48.8 Å². The Hall–Kier alpha value is -2.40. The molecule has 2 saturated carbocycles. The number of piperidine rings is 1. The maximum atomic E-state index is 13.5. The fourth-order valence-corrected chi connectivity index (χ4v) is 5.96. The number of halogens is 1. The molecule has 33 heavy (non-hydrogen) atoms. The van der Waals surface area contributed by atoms with Crippen LogP contribution in [0.2, 0.25) is 5.02 Å². The summed E-state index contributed by atoms with van der Waals surface area (Å²) in [4.78, 5) is 32.4. The van der Waals surface area contributed by atoms with E-state index in [1.165, 1.54) is 5.56 Å². The minimum absolute atomic E-state index is 0.110. The highest BCUT2D eigenvalue weighted by Gasteiger charge is 2.59. The van der Waals surface area contributed by atoms with Crippen molar-refractivity contribution < 1.29 is 9.59 Å². The lowest BCUT2D eigenvalue weighted by atomic mass is 9.63. The van der Waals surface area contributed by atoms with Gasteiger partial charge in [0.1, 0.15) is 0 Å². The van der Waals surface area contributed by atoms with Crippen LogP contribution in [0.4, 0.5) is 0 Å². The molecule has 5 rings (SSSR count). The van der Waals surface area contributed by atoms with Crippen molar-refractivity contribution >= 4 is 23.4 Å². The first-order valence-electron chi connectivity index (χ1n) is 12.2. The van der Waals surface area contributed by atoms with E-state index in [0.717, 1.165) is 70.0 Å². The number of amides is 2. The lowest BCUT2D eigenvalue weighted by Crippen LogP contribution is -2.53. The van der Waals surface area contributed by atoms with Gasteiger partial charge in [0, 0.05) is 43.0 Å². The topological polar surface area (TPSA) is 62.3 Å². The first kappa shape index (κ1) is 22.4. The van der Waals surface area contributed by atoms with Gasteiger partial charge in [0.2, 0.25) is 11.8 Å². The molecule has 1 saturated heterocycles. The normalized spacial score (nSPS) is 22.5. The van der Waals surface area contributed by atoms with Gasteiger partial charge in [-0.1, -0.05) is 30.2 Å². The van der Waals surface area contributed by atoms with Crippen LogP contribution < -0.4 is 5.32 Å². The van der Waals surface area contributed by atoms with Gasteiger partial charge in [0.15, 0.2) is 0 Å². The van der Waals surface area contributed by atoms with E-state index in [4.69, 9.17) is 11.6 Å². The Morgan fingerprint density at radius 3 is 2.36 bits per heavy atom. The van der Waals surface area contributed by atoms with Crippen molar-refractivity contribution in [1.29, 1.82) is 0 Å². The maximum absolute atomic E-state index is 13.5. The standard InChI is InChI=1S/C27H32ClN3O2/c28-22-6-4-21(5-7-22)27(10-2-11-27)25(33)31-17-12-26(13-18-31)19-23(26)24(32)30-14-1-3-20-8-15-29-16-9-20/h4-9,15-16,23H,1-3,10-14,17-19H2,(H,30,32)/t23-/m1/s1. The molecule has 6 heteroatoms. The van der Waals surface area contributed by atoms with Gasteiger partial charge in [-0.25, -0.2) is 0 Å². The molecular weight excluding hydrogens is 434 g/mol. The average molecular weight is 466 g/mol. The molecule has 2 heterocycles. The molecule has 0 radical (unpaired) electrons. The second kappa shape index (κ2) is 9.09. The van der Waals surface area contributed by atoms with Gasteiger partial charge in [-0.05, 0) is 85.8 Å². The number of rotatable bonds is 7. The van der Waals surface area contributed by atoms with Gasteiger partial charge in [-0.3, -0.25) is 14.6 Å². The van der Waals surface area contributed by atoms with Crippen LogP contribution in [0, 0.1) is 11.3 Å². The first-order chi connectivity index (χ1) is 16.0. The molecule has 2 aliphatic carbocycles. The van der Waals surface area contributed by atoms with Crippen molar-refractivity contribution in [3.05, 3.63) is 64.9 Å². The van der Waals surface area contributed by atoms with Gasteiger partial charge in [-0.15, -0.1) is 0 Å². The van der Waals surface area contributed by atoms with E-state index < -0.39 is 0 Å². The summed E-state index contributed by atoms with van der Waals surface area (Å²) < 4.78 is 0. The van der Waals surface area contributed by atoms with Crippen LogP contribution in [0.3, 0.4) is 0 Å². The molecule has 1 aromatic carbocycles. The van der Waals surface area contributed by atoms with E-state index in [0.29, 0.717) is 11.6 Å². The molecular formula is C27H32ClN3O2. The molecule has 3 fully saturated rings. The molecule has 3 aliphatic rings. The van der Waals surface area contributed by atoms with Gasteiger partial charge < -0.3 is 10.2 Å². The maximum Gasteiger partial charge on any atom is 0.233 e. The number of pyridine rings is 1. The minimum atomic E-state index is -0.371. The van der Waals surface area contributed by atoms with E-state index in [9.17, 15) is 9.59 Å². The van der Waals surface area contributed by atoms with Crippen molar-refractivity contribution in [3.8, 4) is 0 Å². The van der Waals surface area contributed by atoms with Crippen molar-refractivity contribution in [1.82, 2.24) is 15.2 Å². The Bertz CT molecular complexity index is 996. The molecule has 1 spiro atoms. The quantitative estimate of drug-likeness (QED) is 0.611. The third-order valence-corrected chi connectivity index (χ3v) is 8.51. The Morgan fingerprint density at radius 1 is 1.03 bits per heavy atom. The zero-order valence-corrected chi connectivity index (χ0v) is 19.8. The number of aromatic nitrogens is 1. The smallest absolute Gasteiger partial charge is 0.233 e. The number of likely N-dealkylation sites (tertiary alicyclic amines) is 1. The average Bonchev–Trinajstić information content (AvgIpc) is 3.51. The summed E-state index contributed by atoms with van der Waals surface area (Å²) in [5.74, 6) is 0.578. The first-order valence-corrected chi connectivity index (χ1v) is 12.6. The molecule has 1 aliphatic heterocycles. The summed E-state index contributed by atoms with van der Waals surface area (Å²) in [5, 5.41) is 3.85. The number of nitrogens with zero attached hydrogens (tertiary/aromatic N) is 2. The predicted octanol–water partition coefficient (Wildman–Crippen LogP) is 4.53. The van der Waals surface area contributed by atoms with Gasteiger partial charge in [0.25, 0.3) is 0 Å². The highest BCUT2D eigenvalue weighted by atomic mass is 35.5. The Kier molecular flexibility index (Phi) is 6.17. The largest absolute Gasteiger partial charge is 0.356 e. The van der Waals surface area contributed by atoms with E-state index in [1.807, 2.05) is 36.4 Å². The third kappa shape index (κ3) is 4.40. The summed E-state index contributed by atoms with van der Waals surface area (Å²) in [6.45, 7) is 2.24. The van der Waals surface area contributed by atoms with E-state index in [2.05, 4.69) is 15.2 Å².